The molecule has 0 spiro atoms. The number of benzene rings is 1. The fourth-order valence-electron chi connectivity index (χ4n) is 3.83. The van der Waals surface area contributed by atoms with Gasteiger partial charge in [-0.2, -0.15) is 4.31 Å². The number of ether oxygens (including phenoxy) is 1. The highest BCUT2D eigenvalue weighted by Gasteiger charge is 2.41. The SMILES string of the molecule is CC(Oc1cccc(C(C)C)c1)C(=O)N1CCN(S(=O)(=O)C2CCS(=O)(=O)C2)CC1. The van der Waals surface area contributed by atoms with Gasteiger partial charge < -0.3 is 9.64 Å². The standard InChI is InChI=1S/C20H30N2O6S2/c1-15(2)17-5-4-6-18(13-17)28-16(3)20(23)21-8-10-22(11-9-21)30(26,27)19-7-12-29(24,25)14-19/h4-6,13,15-16,19H,7-12,14H2,1-3H3. The van der Waals surface area contributed by atoms with Gasteiger partial charge in [0.15, 0.2) is 15.9 Å². The molecule has 1 aromatic rings. The Bertz CT molecular complexity index is 982. The molecule has 10 heteroatoms. The van der Waals surface area contributed by atoms with Gasteiger partial charge in [-0.3, -0.25) is 4.79 Å². The lowest BCUT2D eigenvalue weighted by Gasteiger charge is -2.36. The molecule has 1 aromatic carbocycles. The molecule has 0 aromatic heterocycles. The molecule has 2 atom stereocenters. The van der Waals surface area contributed by atoms with Crippen molar-refractivity contribution in [3.63, 3.8) is 0 Å². The maximum absolute atomic E-state index is 12.8. The summed E-state index contributed by atoms with van der Waals surface area (Å²) in [7, 11) is -6.96. The minimum atomic E-state index is -3.68. The molecule has 0 bridgehead atoms. The third-order valence-electron chi connectivity index (χ3n) is 5.71. The third kappa shape index (κ3) is 5.15. The molecular weight excluding hydrogens is 428 g/mol. The number of rotatable bonds is 6. The second-order valence-electron chi connectivity index (χ2n) is 8.28. The highest BCUT2D eigenvalue weighted by molar-refractivity contribution is 7.95. The van der Waals surface area contributed by atoms with Crippen LogP contribution in [0, 0.1) is 0 Å². The van der Waals surface area contributed by atoms with Crippen LogP contribution in [0.3, 0.4) is 0 Å². The largest absolute Gasteiger partial charge is 0.481 e. The zero-order valence-corrected chi connectivity index (χ0v) is 19.3. The van der Waals surface area contributed by atoms with Gasteiger partial charge in [-0.25, -0.2) is 16.8 Å². The lowest BCUT2D eigenvalue weighted by molar-refractivity contribution is -0.139. The molecule has 2 fully saturated rings. The van der Waals surface area contributed by atoms with Gasteiger partial charge in [-0.05, 0) is 37.0 Å². The highest BCUT2D eigenvalue weighted by atomic mass is 32.2. The van der Waals surface area contributed by atoms with E-state index in [1.807, 2.05) is 24.3 Å². The Morgan fingerprint density at radius 2 is 1.80 bits per heavy atom. The van der Waals surface area contributed by atoms with Crippen molar-refractivity contribution >= 4 is 25.8 Å². The van der Waals surface area contributed by atoms with Crippen LogP contribution in [0.25, 0.3) is 0 Å². The van der Waals surface area contributed by atoms with E-state index in [0.29, 0.717) is 11.7 Å². The molecule has 1 amide bonds. The van der Waals surface area contributed by atoms with Crippen LogP contribution < -0.4 is 4.74 Å². The zero-order valence-electron chi connectivity index (χ0n) is 17.7. The summed E-state index contributed by atoms with van der Waals surface area (Å²) in [6.07, 6.45) is -0.542. The summed E-state index contributed by atoms with van der Waals surface area (Å²) in [5, 5.41) is -0.875. The number of sulfonamides is 1. The first-order valence-corrected chi connectivity index (χ1v) is 13.6. The Kier molecular flexibility index (Phi) is 6.78. The van der Waals surface area contributed by atoms with E-state index in [1.54, 1.807) is 11.8 Å². The van der Waals surface area contributed by atoms with Crippen molar-refractivity contribution in [3.05, 3.63) is 29.8 Å². The summed E-state index contributed by atoms with van der Waals surface area (Å²) in [4.78, 5) is 14.4. The molecule has 168 valence electrons. The van der Waals surface area contributed by atoms with E-state index in [4.69, 9.17) is 4.74 Å². The van der Waals surface area contributed by atoms with E-state index >= 15 is 0 Å². The van der Waals surface area contributed by atoms with E-state index in [0.717, 1.165) is 5.56 Å². The van der Waals surface area contributed by atoms with Gasteiger partial charge in [0, 0.05) is 26.2 Å². The normalized spacial score (nSPS) is 23.5. The van der Waals surface area contributed by atoms with Crippen LogP contribution >= 0.6 is 0 Å². The summed E-state index contributed by atoms with van der Waals surface area (Å²) in [6, 6.07) is 7.65. The Morgan fingerprint density at radius 3 is 2.37 bits per heavy atom. The minimum absolute atomic E-state index is 0.0811. The predicted molar refractivity (Wildman–Crippen MR) is 115 cm³/mol. The molecule has 2 unspecified atom stereocenters. The monoisotopic (exact) mass is 458 g/mol. The predicted octanol–water partition coefficient (Wildman–Crippen LogP) is 1.24. The van der Waals surface area contributed by atoms with Crippen LogP contribution in [0.5, 0.6) is 5.75 Å². The number of nitrogens with zero attached hydrogens (tertiary/aromatic N) is 2. The molecule has 0 aliphatic carbocycles. The van der Waals surface area contributed by atoms with Crippen LogP contribution in [0.15, 0.2) is 24.3 Å². The molecular formula is C20H30N2O6S2. The lowest BCUT2D eigenvalue weighted by Crippen LogP contribution is -2.54. The molecule has 2 heterocycles. The summed E-state index contributed by atoms with van der Waals surface area (Å²) < 4.78 is 55.9. The van der Waals surface area contributed by atoms with Crippen molar-refractivity contribution in [2.24, 2.45) is 0 Å². The quantitative estimate of drug-likeness (QED) is 0.636. The van der Waals surface area contributed by atoms with Gasteiger partial charge in [0.1, 0.15) is 5.75 Å². The van der Waals surface area contributed by atoms with Crippen LogP contribution in [0.4, 0.5) is 0 Å². The number of piperazine rings is 1. The highest BCUT2D eigenvalue weighted by Crippen LogP contribution is 2.24. The minimum Gasteiger partial charge on any atom is -0.481 e. The molecule has 2 aliphatic heterocycles. The van der Waals surface area contributed by atoms with Crippen molar-refractivity contribution in [2.75, 3.05) is 37.7 Å². The van der Waals surface area contributed by atoms with Crippen molar-refractivity contribution in [1.29, 1.82) is 0 Å². The topological polar surface area (TPSA) is 101 Å². The van der Waals surface area contributed by atoms with Gasteiger partial charge in [0.25, 0.3) is 5.91 Å². The van der Waals surface area contributed by atoms with Crippen LogP contribution in [0.1, 0.15) is 38.7 Å². The number of carbonyl (C=O) groups is 1. The fourth-order valence-corrected chi connectivity index (χ4v) is 8.34. The average molecular weight is 459 g/mol. The summed E-state index contributed by atoms with van der Waals surface area (Å²) in [5.74, 6) is 0.400. The number of hydrogen-bond acceptors (Lipinski definition) is 6. The molecule has 0 saturated carbocycles. The van der Waals surface area contributed by atoms with Crippen LogP contribution in [0.2, 0.25) is 0 Å². The van der Waals surface area contributed by atoms with Gasteiger partial charge >= 0.3 is 0 Å². The Labute approximate surface area is 179 Å². The molecule has 2 aliphatic rings. The second kappa shape index (κ2) is 8.84. The molecule has 3 rings (SSSR count). The third-order valence-corrected chi connectivity index (χ3v) is 10.0. The molecule has 0 N–H and O–H groups in total. The van der Waals surface area contributed by atoms with E-state index in [9.17, 15) is 21.6 Å². The molecule has 2 saturated heterocycles. The van der Waals surface area contributed by atoms with Crippen molar-refractivity contribution in [2.45, 2.75) is 44.5 Å². The van der Waals surface area contributed by atoms with E-state index in [-0.39, 0.29) is 50.0 Å². The summed E-state index contributed by atoms with van der Waals surface area (Å²) in [5.41, 5.74) is 1.12. The first-order chi connectivity index (χ1) is 14.0. The molecule has 0 radical (unpaired) electrons. The lowest BCUT2D eigenvalue weighted by atomic mass is 10.0. The fraction of sp³-hybridized carbons (Fsp3) is 0.650. The van der Waals surface area contributed by atoms with E-state index in [1.165, 1.54) is 4.31 Å². The Hall–Kier alpha value is -1.65. The smallest absolute Gasteiger partial charge is 0.263 e. The second-order valence-corrected chi connectivity index (χ2v) is 12.7. The van der Waals surface area contributed by atoms with Crippen LogP contribution in [-0.2, 0) is 24.7 Å². The first-order valence-electron chi connectivity index (χ1n) is 10.2. The van der Waals surface area contributed by atoms with Crippen molar-refractivity contribution in [1.82, 2.24) is 9.21 Å². The zero-order chi connectivity index (χ0) is 22.1. The van der Waals surface area contributed by atoms with Gasteiger partial charge in [-0.1, -0.05) is 26.0 Å². The van der Waals surface area contributed by atoms with Gasteiger partial charge in [0.05, 0.1) is 16.8 Å². The van der Waals surface area contributed by atoms with Gasteiger partial charge in [-0.15, -0.1) is 0 Å². The van der Waals surface area contributed by atoms with E-state index in [2.05, 4.69) is 13.8 Å². The first kappa shape index (κ1) is 23.0. The summed E-state index contributed by atoms with van der Waals surface area (Å²) >= 11 is 0. The summed E-state index contributed by atoms with van der Waals surface area (Å²) in [6.45, 7) is 6.72. The maximum atomic E-state index is 12.8. The van der Waals surface area contributed by atoms with Crippen molar-refractivity contribution < 1.29 is 26.4 Å². The van der Waals surface area contributed by atoms with Crippen molar-refractivity contribution in [3.8, 4) is 5.75 Å². The maximum Gasteiger partial charge on any atom is 0.263 e. The number of amides is 1. The molecule has 30 heavy (non-hydrogen) atoms. The van der Waals surface area contributed by atoms with E-state index < -0.39 is 31.2 Å². The number of hydrogen-bond donors (Lipinski definition) is 0. The number of sulfone groups is 1. The number of carbonyl (C=O) groups excluding carboxylic acids is 1. The van der Waals surface area contributed by atoms with Gasteiger partial charge in [0.2, 0.25) is 10.0 Å². The van der Waals surface area contributed by atoms with Crippen LogP contribution in [-0.4, -0.2) is 81.0 Å². The average Bonchev–Trinajstić information content (AvgIpc) is 3.08. The molecule has 8 nitrogen and oxygen atoms in total. The Morgan fingerprint density at radius 1 is 1.13 bits per heavy atom. The Balaban J connectivity index is 1.56.